The monoisotopic (exact) mass is 304 g/mol. The van der Waals surface area contributed by atoms with Gasteiger partial charge in [-0.05, 0) is 48.9 Å². The van der Waals surface area contributed by atoms with Crippen molar-refractivity contribution in [1.82, 2.24) is 0 Å². The highest BCUT2D eigenvalue weighted by molar-refractivity contribution is 6.32. The van der Waals surface area contributed by atoms with Crippen LogP contribution in [-0.4, -0.2) is 20.1 Å². The first-order chi connectivity index (χ1) is 10.0. The van der Waals surface area contributed by atoms with Crippen molar-refractivity contribution in [2.24, 2.45) is 0 Å². The molecule has 0 spiro atoms. The van der Waals surface area contributed by atoms with E-state index in [0.29, 0.717) is 22.0 Å². The van der Waals surface area contributed by atoms with E-state index in [1.165, 1.54) is 0 Å². The van der Waals surface area contributed by atoms with Crippen LogP contribution in [0.1, 0.15) is 15.9 Å². The van der Waals surface area contributed by atoms with E-state index in [2.05, 4.69) is 10.6 Å². The Kier molecular flexibility index (Phi) is 4.70. The van der Waals surface area contributed by atoms with Crippen LogP contribution >= 0.6 is 11.6 Å². The largest absolute Gasteiger partial charge is 0.495 e. The molecule has 0 fully saturated rings. The Hall–Kier alpha value is -2.20. The number of hydrogen-bond acceptors (Lipinski definition) is 3. The highest BCUT2D eigenvalue weighted by atomic mass is 35.5. The molecule has 2 aromatic rings. The lowest BCUT2D eigenvalue weighted by atomic mass is 10.1. The zero-order valence-electron chi connectivity index (χ0n) is 12.2. The molecule has 0 aliphatic heterocycles. The second kappa shape index (κ2) is 6.50. The van der Waals surface area contributed by atoms with Gasteiger partial charge in [0, 0.05) is 24.0 Å². The minimum absolute atomic E-state index is 0.170. The minimum atomic E-state index is -0.170. The summed E-state index contributed by atoms with van der Waals surface area (Å²) in [7, 11) is 3.39. The maximum Gasteiger partial charge on any atom is 0.255 e. The van der Waals surface area contributed by atoms with Crippen LogP contribution in [0.15, 0.2) is 36.4 Å². The standard InChI is InChI=1S/C16H17ClN2O2/c1-10-8-11(18-2)4-6-13(10)16(20)19-12-5-7-15(21-3)14(17)9-12/h4-9,18H,1-3H3,(H,19,20). The number of amides is 1. The number of ether oxygens (including phenoxy) is 1. The molecule has 2 rings (SSSR count). The molecule has 0 saturated carbocycles. The Morgan fingerprint density at radius 2 is 1.86 bits per heavy atom. The number of nitrogens with one attached hydrogen (secondary N) is 2. The fourth-order valence-corrected chi connectivity index (χ4v) is 2.27. The number of halogens is 1. The average molecular weight is 305 g/mol. The first-order valence-electron chi connectivity index (χ1n) is 6.48. The van der Waals surface area contributed by atoms with Gasteiger partial charge >= 0.3 is 0 Å². The van der Waals surface area contributed by atoms with E-state index in [1.807, 2.05) is 26.1 Å². The average Bonchev–Trinajstić information content (AvgIpc) is 2.47. The number of aryl methyl sites for hydroxylation is 1. The van der Waals surface area contributed by atoms with Gasteiger partial charge in [-0.15, -0.1) is 0 Å². The summed E-state index contributed by atoms with van der Waals surface area (Å²) in [5, 5.41) is 6.33. The molecule has 0 radical (unpaired) electrons. The van der Waals surface area contributed by atoms with Crippen LogP contribution in [0.5, 0.6) is 5.75 Å². The molecular weight excluding hydrogens is 288 g/mol. The second-order valence-electron chi connectivity index (χ2n) is 4.58. The van der Waals surface area contributed by atoms with E-state index in [4.69, 9.17) is 16.3 Å². The van der Waals surface area contributed by atoms with E-state index in [9.17, 15) is 4.79 Å². The van der Waals surface area contributed by atoms with E-state index in [1.54, 1.807) is 31.4 Å². The molecule has 21 heavy (non-hydrogen) atoms. The van der Waals surface area contributed by atoms with Crippen LogP contribution in [0.4, 0.5) is 11.4 Å². The molecule has 0 atom stereocenters. The lowest BCUT2D eigenvalue weighted by Gasteiger charge is -2.10. The molecule has 0 heterocycles. The summed E-state index contributed by atoms with van der Waals surface area (Å²) in [6.45, 7) is 1.90. The van der Waals surface area contributed by atoms with Gasteiger partial charge in [0.2, 0.25) is 0 Å². The van der Waals surface area contributed by atoms with Crippen molar-refractivity contribution in [3.63, 3.8) is 0 Å². The smallest absolute Gasteiger partial charge is 0.255 e. The molecule has 1 amide bonds. The van der Waals surface area contributed by atoms with Gasteiger partial charge < -0.3 is 15.4 Å². The molecule has 110 valence electrons. The van der Waals surface area contributed by atoms with Crippen molar-refractivity contribution in [1.29, 1.82) is 0 Å². The summed E-state index contributed by atoms with van der Waals surface area (Å²) < 4.78 is 5.08. The molecule has 0 unspecified atom stereocenters. The van der Waals surface area contributed by atoms with Crippen molar-refractivity contribution >= 4 is 28.9 Å². The number of hydrogen-bond donors (Lipinski definition) is 2. The number of anilines is 2. The lowest BCUT2D eigenvalue weighted by molar-refractivity contribution is 0.102. The Morgan fingerprint density at radius 1 is 1.14 bits per heavy atom. The molecule has 2 N–H and O–H groups in total. The maximum absolute atomic E-state index is 12.3. The zero-order chi connectivity index (χ0) is 15.4. The van der Waals surface area contributed by atoms with Gasteiger partial charge in [0.1, 0.15) is 5.75 Å². The second-order valence-corrected chi connectivity index (χ2v) is 4.99. The molecule has 4 nitrogen and oxygen atoms in total. The SMILES string of the molecule is CNc1ccc(C(=O)Nc2ccc(OC)c(Cl)c2)c(C)c1. The first-order valence-corrected chi connectivity index (χ1v) is 6.86. The summed E-state index contributed by atoms with van der Waals surface area (Å²) in [4.78, 5) is 12.3. The molecular formula is C16H17ClN2O2. The van der Waals surface area contributed by atoms with Crippen LogP contribution < -0.4 is 15.4 Å². The number of benzene rings is 2. The first kappa shape index (κ1) is 15.2. The number of rotatable bonds is 4. The molecule has 0 bridgehead atoms. The van der Waals surface area contributed by atoms with E-state index in [-0.39, 0.29) is 5.91 Å². The van der Waals surface area contributed by atoms with Crippen LogP contribution in [0.2, 0.25) is 5.02 Å². The Bertz CT molecular complexity index is 671. The predicted molar refractivity (Wildman–Crippen MR) is 86.7 cm³/mol. The molecule has 0 aliphatic rings. The maximum atomic E-state index is 12.3. The summed E-state index contributed by atoms with van der Waals surface area (Å²) >= 11 is 6.05. The van der Waals surface area contributed by atoms with Crippen molar-refractivity contribution in [2.75, 3.05) is 24.8 Å². The predicted octanol–water partition coefficient (Wildman–Crippen LogP) is 3.95. The highest BCUT2D eigenvalue weighted by Crippen LogP contribution is 2.27. The molecule has 5 heteroatoms. The quantitative estimate of drug-likeness (QED) is 0.899. The van der Waals surface area contributed by atoms with E-state index < -0.39 is 0 Å². The van der Waals surface area contributed by atoms with Crippen molar-refractivity contribution in [2.45, 2.75) is 6.92 Å². The summed E-state index contributed by atoms with van der Waals surface area (Å²) in [6, 6.07) is 10.7. The van der Waals surface area contributed by atoms with Gasteiger partial charge in [-0.3, -0.25) is 4.79 Å². The third kappa shape index (κ3) is 3.47. The fourth-order valence-electron chi connectivity index (χ4n) is 2.02. The molecule has 0 aliphatic carbocycles. The Balaban J connectivity index is 2.20. The summed E-state index contributed by atoms with van der Waals surface area (Å²) in [5.41, 5.74) is 3.12. The topological polar surface area (TPSA) is 50.4 Å². The fraction of sp³-hybridized carbons (Fsp3) is 0.188. The van der Waals surface area contributed by atoms with Gasteiger partial charge in [-0.1, -0.05) is 11.6 Å². The normalized spacial score (nSPS) is 10.1. The van der Waals surface area contributed by atoms with E-state index in [0.717, 1.165) is 11.3 Å². The van der Waals surface area contributed by atoms with Crippen molar-refractivity contribution in [3.8, 4) is 5.75 Å². The highest BCUT2D eigenvalue weighted by Gasteiger charge is 2.11. The Morgan fingerprint density at radius 3 is 2.43 bits per heavy atom. The van der Waals surface area contributed by atoms with Gasteiger partial charge in [0.15, 0.2) is 0 Å². The molecule has 0 aromatic heterocycles. The van der Waals surface area contributed by atoms with Gasteiger partial charge in [-0.2, -0.15) is 0 Å². The van der Waals surface area contributed by atoms with Crippen molar-refractivity contribution in [3.05, 3.63) is 52.5 Å². The van der Waals surface area contributed by atoms with Crippen LogP contribution in [0, 0.1) is 6.92 Å². The van der Waals surface area contributed by atoms with Crippen LogP contribution in [-0.2, 0) is 0 Å². The van der Waals surface area contributed by atoms with Crippen LogP contribution in [0.25, 0.3) is 0 Å². The van der Waals surface area contributed by atoms with Crippen molar-refractivity contribution < 1.29 is 9.53 Å². The Labute approximate surface area is 129 Å². The van der Waals surface area contributed by atoms with Crippen LogP contribution in [0.3, 0.4) is 0 Å². The van der Waals surface area contributed by atoms with E-state index >= 15 is 0 Å². The molecule has 0 saturated heterocycles. The van der Waals surface area contributed by atoms with Gasteiger partial charge in [0.25, 0.3) is 5.91 Å². The number of carbonyl (C=O) groups is 1. The molecule has 2 aromatic carbocycles. The van der Waals surface area contributed by atoms with Gasteiger partial charge in [-0.25, -0.2) is 0 Å². The third-order valence-electron chi connectivity index (χ3n) is 3.17. The number of carbonyl (C=O) groups excluding carboxylic acids is 1. The number of methoxy groups -OCH3 is 1. The minimum Gasteiger partial charge on any atom is -0.495 e. The zero-order valence-corrected chi connectivity index (χ0v) is 12.9. The summed E-state index contributed by atoms with van der Waals surface area (Å²) in [6.07, 6.45) is 0. The van der Waals surface area contributed by atoms with Gasteiger partial charge in [0.05, 0.1) is 12.1 Å². The third-order valence-corrected chi connectivity index (χ3v) is 3.46. The summed E-state index contributed by atoms with van der Waals surface area (Å²) in [5.74, 6) is 0.403. The lowest BCUT2D eigenvalue weighted by Crippen LogP contribution is -2.13.